The first-order chi connectivity index (χ1) is 13.8. The largest absolute Gasteiger partial charge is 0.367 e. The zero-order chi connectivity index (χ0) is 19.2. The fourth-order valence-electron chi connectivity index (χ4n) is 4.67. The van der Waals surface area contributed by atoms with Gasteiger partial charge in [0.15, 0.2) is 0 Å². The van der Waals surface area contributed by atoms with Crippen molar-refractivity contribution in [3.63, 3.8) is 0 Å². The summed E-state index contributed by atoms with van der Waals surface area (Å²) in [5.41, 5.74) is 2.49. The Labute approximate surface area is 168 Å². The molecule has 2 saturated heterocycles. The highest BCUT2D eigenvalue weighted by Crippen LogP contribution is 2.31. The molecule has 0 unspecified atom stereocenters. The minimum Gasteiger partial charge on any atom is -0.367 e. The monoisotopic (exact) mass is 378 g/mol. The molecule has 2 heterocycles. The Morgan fingerprint density at radius 3 is 2.39 bits per heavy atom. The van der Waals surface area contributed by atoms with Gasteiger partial charge in [0.2, 0.25) is 5.91 Å². The van der Waals surface area contributed by atoms with E-state index in [4.69, 9.17) is 4.74 Å². The van der Waals surface area contributed by atoms with E-state index in [2.05, 4.69) is 35.2 Å². The Morgan fingerprint density at radius 2 is 1.64 bits per heavy atom. The second-order valence-electron chi connectivity index (χ2n) is 8.03. The van der Waals surface area contributed by atoms with Gasteiger partial charge in [-0.15, -0.1) is 0 Å². The maximum absolute atomic E-state index is 12.6. The zero-order valence-electron chi connectivity index (χ0n) is 16.5. The molecule has 2 aromatic carbocycles. The van der Waals surface area contributed by atoms with Gasteiger partial charge in [0, 0.05) is 25.7 Å². The summed E-state index contributed by atoms with van der Waals surface area (Å²) >= 11 is 0. The second-order valence-corrected chi connectivity index (χ2v) is 8.03. The number of ether oxygens (including phenoxy) is 1. The van der Waals surface area contributed by atoms with Crippen molar-refractivity contribution in [2.75, 3.05) is 26.2 Å². The number of fused-ring (bicyclic) bond motifs is 1. The van der Waals surface area contributed by atoms with Crippen LogP contribution in [0.3, 0.4) is 0 Å². The third-order valence-corrected chi connectivity index (χ3v) is 6.10. The molecular formula is C24H30N2O2. The van der Waals surface area contributed by atoms with Crippen LogP contribution in [0.15, 0.2) is 60.7 Å². The molecule has 4 rings (SSSR count). The van der Waals surface area contributed by atoms with Gasteiger partial charge in [0.05, 0.1) is 6.61 Å². The Hall–Kier alpha value is -2.17. The number of carbonyl (C=O) groups excluding carboxylic acids is 1. The van der Waals surface area contributed by atoms with Gasteiger partial charge in [-0.1, -0.05) is 60.7 Å². The van der Waals surface area contributed by atoms with Gasteiger partial charge in [-0.25, -0.2) is 0 Å². The second kappa shape index (κ2) is 9.35. The maximum Gasteiger partial charge on any atom is 0.248 e. The molecule has 0 aromatic heterocycles. The predicted molar refractivity (Wildman–Crippen MR) is 111 cm³/mol. The van der Waals surface area contributed by atoms with Gasteiger partial charge in [0.1, 0.15) is 6.61 Å². The molecular weight excluding hydrogens is 348 g/mol. The summed E-state index contributed by atoms with van der Waals surface area (Å²) in [5.74, 6) is 0.721. The van der Waals surface area contributed by atoms with E-state index in [9.17, 15) is 4.79 Å². The van der Waals surface area contributed by atoms with E-state index >= 15 is 0 Å². The summed E-state index contributed by atoms with van der Waals surface area (Å²) in [6.45, 7) is 4.60. The van der Waals surface area contributed by atoms with Gasteiger partial charge in [-0.3, -0.25) is 9.69 Å². The smallest absolute Gasteiger partial charge is 0.248 e. The summed E-state index contributed by atoms with van der Waals surface area (Å²) < 4.78 is 5.67. The molecule has 2 aliphatic rings. The molecule has 0 radical (unpaired) electrons. The van der Waals surface area contributed by atoms with Crippen molar-refractivity contribution in [2.45, 2.75) is 38.5 Å². The van der Waals surface area contributed by atoms with Crippen LogP contribution in [0.2, 0.25) is 0 Å². The highest BCUT2D eigenvalue weighted by molar-refractivity contribution is 5.77. The Kier molecular flexibility index (Phi) is 6.40. The lowest BCUT2D eigenvalue weighted by molar-refractivity contribution is -0.140. The fraction of sp³-hybridized carbons (Fsp3) is 0.458. The number of nitrogens with zero attached hydrogens (tertiary/aromatic N) is 2. The molecule has 4 heteroatoms. The minimum absolute atomic E-state index is 0.134. The molecule has 0 N–H and O–H groups in total. The highest BCUT2D eigenvalue weighted by atomic mass is 16.5. The standard InChI is InChI=1S/C24H30N2O2/c27-24(19-28-18-21-10-5-2-6-11-21)26-15-13-23-22(17-26)12-7-14-25(23)16-20-8-3-1-4-9-20/h1-6,8-11,22-23H,7,12-19H2/t22-,23+/m1/s1. The van der Waals surface area contributed by atoms with Crippen molar-refractivity contribution in [1.82, 2.24) is 9.80 Å². The van der Waals surface area contributed by atoms with Gasteiger partial charge in [-0.05, 0) is 42.9 Å². The Balaban J connectivity index is 1.27. The predicted octanol–water partition coefficient (Wildman–Crippen LogP) is 3.72. The van der Waals surface area contributed by atoms with E-state index in [0.717, 1.165) is 31.6 Å². The molecule has 28 heavy (non-hydrogen) atoms. The lowest BCUT2D eigenvalue weighted by Crippen LogP contribution is -2.55. The Bertz CT molecular complexity index is 750. The molecule has 0 bridgehead atoms. The topological polar surface area (TPSA) is 32.8 Å². The Morgan fingerprint density at radius 1 is 0.929 bits per heavy atom. The molecule has 2 atom stereocenters. The van der Waals surface area contributed by atoms with Crippen LogP contribution in [-0.2, 0) is 22.7 Å². The number of carbonyl (C=O) groups is 1. The van der Waals surface area contributed by atoms with Crippen molar-refractivity contribution in [3.05, 3.63) is 71.8 Å². The van der Waals surface area contributed by atoms with E-state index < -0.39 is 0 Å². The maximum atomic E-state index is 12.6. The lowest BCUT2D eigenvalue weighted by Gasteiger charge is -2.47. The van der Waals surface area contributed by atoms with Crippen LogP contribution in [0.1, 0.15) is 30.4 Å². The van der Waals surface area contributed by atoms with Gasteiger partial charge in [-0.2, -0.15) is 0 Å². The average molecular weight is 379 g/mol. The van der Waals surface area contributed by atoms with Crippen LogP contribution in [0.4, 0.5) is 0 Å². The van der Waals surface area contributed by atoms with Gasteiger partial charge < -0.3 is 9.64 Å². The van der Waals surface area contributed by atoms with Crippen molar-refractivity contribution in [2.24, 2.45) is 5.92 Å². The molecule has 0 saturated carbocycles. The van der Waals surface area contributed by atoms with Crippen molar-refractivity contribution in [3.8, 4) is 0 Å². The van der Waals surface area contributed by atoms with E-state index in [-0.39, 0.29) is 12.5 Å². The van der Waals surface area contributed by atoms with Crippen LogP contribution >= 0.6 is 0 Å². The number of rotatable bonds is 6. The van der Waals surface area contributed by atoms with Crippen molar-refractivity contribution in [1.29, 1.82) is 0 Å². The molecule has 2 fully saturated rings. The molecule has 2 aliphatic heterocycles. The van der Waals surface area contributed by atoms with Crippen LogP contribution in [0, 0.1) is 5.92 Å². The van der Waals surface area contributed by atoms with Crippen LogP contribution in [-0.4, -0.2) is 48.0 Å². The number of amides is 1. The number of piperidine rings is 2. The summed E-state index contributed by atoms with van der Waals surface area (Å²) in [7, 11) is 0. The van der Waals surface area contributed by atoms with E-state index in [0.29, 0.717) is 18.6 Å². The summed E-state index contributed by atoms with van der Waals surface area (Å²) in [4.78, 5) is 17.3. The van der Waals surface area contributed by atoms with E-state index in [1.165, 1.54) is 24.9 Å². The molecule has 2 aromatic rings. The van der Waals surface area contributed by atoms with E-state index in [1.807, 2.05) is 35.2 Å². The third kappa shape index (κ3) is 4.81. The highest BCUT2D eigenvalue weighted by Gasteiger charge is 2.37. The number of hydrogen-bond donors (Lipinski definition) is 0. The van der Waals surface area contributed by atoms with Crippen molar-refractivity contribution >= 4 is 5.91 Å². The third-order valence-electron chi connectivity index (χ3n) is 6.10. The minimum atomic E-state index is 0.134. The number of benzene rings is 2. The molecule has 0 aliphatic carbocycles. The normalized spacial score (nSPS) is 22.6. The first-order valence-electron chi connectivity index (χ1n) is 10.5. The fourth-order valence-corrected chi connectivity index (χ4v) is 4.67. The number of hydrogen-bond acceptors (Lipinski definition) is 3. The van der Waals surface area contributed by atoms with Crippen LogP contribution in [0.5, 0.6) is 0 Å². The lowest BCUT2D eigenvalue weighted by atomic mass is 9.83. The summed E-state index contributed by atoms with van der Waals surface area (Å²) in [5, 5.41) is 0. The summed E-state index contributed by atoms with van der Waals surface area (Å²) in [6, 6.07) is 21.4. The SMILES string of the molecule is O=C(COCc1ccccc1)N1CC[C@H]2[C@H](CCCN2Cc2ccccc2)C1. The summed E-state index contributed by atoms with van der Waals surface area (Å²) in [6.07, 6.45) is 3.52. The average Bonchev–Trinajstić information content (AvgIpc) is 2.75. The number of likely N-dealkylation sites (tertiary alicyclic amines) is 2. The molecule has 148 valence electrons. The molecule has 1 amide bonds. The van der Waals surface area contributed by atoms with Crippen LogP contribution in [0.25, 0.3) is 0 Å². The zero-order valence-corrected chi connectivity index (χ0v) is 16.5. The molecule has 4 nitrogen and oxygen atoms in total. The molecule has 0 spiro atoms. The van der Waals surface area contributed by atoms with Gasteiger partial charge >= 0.3 is 0 Å². The van der Waals surface area contributed by atoms with E-state index in [1.54, 1.807) is 0 Å². The first kappa shape index (κ1) is 19.2. The van der Waals surface area contributed by atoms with Gasteiger partial charge in [0.25, 0.3) is 0 Å². The quantitative estimate of drug-likeness (QED) is 0.768. The first-order valence-corrected chi connectivity index (χ1v) is 10.5. The van der Waals surface area contributed by atoms with Crippen LogP contribution < -0.4 is 0 Å². The van der Waals surface area contributed by atoms with Crippen molar-refractivity contribution < 1.29 is 9.53 Å².